The van der Waals surface area contributed by atoms with E-state index in [1.807, 2.05) is 13.0 Å². The van der Waals surface area contributed by atoms with Crippen LogP contribution in [0.5, 0.6) is 17.2 Å². The van der Waals surface area contributed by atoms with Gasteiger partial charge in [-0.3, -0.25) is 9.52 Å². The predicted molar refractivity (Wildman–Crippen MR) is 120 cm³/mol. The Bertz CT molecular complexity index is 1230. The molecular formula is C23H22N2O6S. The van der Waals surface area contributed by atoms with Gasteiger partial charge >= 0.3 is 0 Å². The predicted octanol–water partition coefficient (Wildman–Crippen LogP) is 3.58. The van der Waals surface area contributed by atoms with Gasteiger partial charge in [-0.15, -0.1) is 0 Å². The largest absolute Gasteiger partial charge is 0.486 e. The van der Waals surface area contributed by atoms with Gasteiger partial charge in [0, 0.05) is 17.4 Å². The maximum absolute atomic E-state index is 12.6. The number of nitrogens with one attached hydrogen (secondary N) is 2. The molecule has 0 saturated carbocycles. The van der Waals surface area contributed by atoms with Crippen LogP contribution >= 0.6 is 0 Å². The van der Waals surface area contributed by atoms with Crippen molar-refractivity contribution in [2.24, 2.45) is 0 Å². The average Bonchev–Trinajstić information content (AvgIpc) is 2.78. The van der Waals surface area contributed by atoms with Gasteiger partial charge in [0.15, 0.2) is 18.1 Å². The van der Waals surface area contributed by atoms with Crippen LogP contribution in [0.2, 0.25) is 0 Å². The van der Waals surface area contributed by atoms with E-state index in [4.69, 9.17) is 14.2 Å². The zero-order valence-corrected chi connectivity index (χ0v) is 18.1. The molecule has 0 bridgehead atoms. The first-order chi connectivity index (χ1) is 15.4. The number of ether oxygens (including phenoxy) is 3. The Labute approximate surface area is 186 Å². The van der Waals surface area contributed by atoms with Crippen molar-refractivity contribution in [1.82, 2.24) is 0 Å². The van der Waals surface area contributed by atoms with Crippen LogP contribution in [-0.4, -0.2) is 34.1 Å². The van der Waals surface area contributed by atoms with Gasteiger partial charge in [0.1, 0.15) is 19.0 Å². The SMILES string of the molecule is Cc1cccc(NS(=O)(=O)c2ccc(OCC(=O)Nc3ccc4c(c3)OCCO4)cc2)c1. The molecule has 32 heavy (non-hydrogen) atoms. The molecule has 0 unspecified atom stereocenters. The number of anilines is 2. The summed E-state index contributed by atoms with van der Waals surface area (Å²) in [6.07, 6.45) is 0. The van der Waals surface area contributed by atoms with Gasteiger partial charge in [0.05, 0.1) is 4.90 Å². The van der Waals surface area contributed by atoms with Gasteiger partial charge in [0.25, 0.3) is 15.9 Å². The fraction of sp³-hybridized carbons (Fsp3) is 0.174. The van der Waals surface area contributed by atoms with Crippen LogP contribution in [0.25, 0.3) is 0 Å². The molecule has 0 aromatic heterocycles. The Balaban J connectivity index is 1.33. The number of hydrogen-bond donors (Lipinski definition) is 2. The quantitative estimate of drug-likeness (QED) is 0.566. The summed E-state index contributed by atoms with van der Waals surface area (Å²) in [5.74, 6) is 1.22. The monoisotopic (exact) mass is 454 g/mol. The second kappa shape index (κ2) is 9.19. The van der Waals surface area contributed by atoms with Crippen molar-refractivity contribution in [3.05, 3.63) is 72.3 Å². The van der Waals surface area contributed by atoms with E-state index in [1.165, 1.54) is 24.3 Å². The van der Waals surface area contributed by atoms with E-state index in [0.29, 0.717) is 41.8 Å². The van der Waals surface area contributed by atoms with Crippen molar-refractivity contribution in [3.63, 3.8) is 0 Å². The normalized spacial score (nSPS) is 12.7. The van der Waals surface area contributed by atoms with Crippen LogP contribution in [0.15, 0.2) is 71.6 Å². The van der Waals surface area contributed by atoms with Crippen LogP contribution in [0, 0.1) is 6.92 Å². The molecule has 166 valence electrons. The van der Waals surface area contributed by atoms with Gasteiger partial charge < -0.3 is 19.5 Å². The summed E-state index contributed by atoms with van der Waals surface area (Å²) in [5, 5.41) is 2.72. The molecule has 1 aliphatic heterocycles. The lowest BCUT2D eigenvalue weighted by Crippen LogP contribution is -2.21. The van der Waals surface area contributed by atoms with Crippen LogP contribution < -0.4 is 24.2 Å². The molecule has 4 rings (SSSR count). The number of hydrogen-bond acceptors (Lipinski definition) is 6. The number of benzene rings is 3. The molecule has 1 amide bonds. The lowest BCUT2D eigenvalue weighted by molar-refractivity contribution is -0.118. The highest BCUT2D eigenvalue weighted by atomic mass is 32.2. The van der Waals surface area contributed by atoms with E-state index >= 15 is 0 Å². The fourth-order valence-corrected chi connectivity index (χ4v) is 4.15. The number of carbonyl (C=O) groups is 1. The first kappa shape index (κ1) is 21.5. The Morgan fingerprint density at radius 3 is 2.44 bits per heavy atom. The molecule has 8 nitrogen and oxygen atoms in total. The fourth-order valence-electron chi connectivity index (χ4n) is 3.10. The van der Waals surface area contributed by atoms with E-state index in [-0.39, 0.29) is 17.4 Å². The topological polar surface area (TPSA) is 103 Å². The standard InChI is InChI=1S/C23H22N2O6S/c1-16-3-2-4-18(13-16)25-32(27,28)20-8-6-19(7-9-20)31-15-23(26)24-17-5-10-21-22(14-17)30-12-11-29-21/h2-10,13-14,25H,11-12,15H2,1H3,(H,24,26). The summed E-state index contributed by atoms with van der Waals surface area (Å²) in [7, 11) is -3.73. The van der Waals surface area contributed by atoms with Gasteiger partial charge in [0.2, 0.25) is 0 Å². The van der Waals surface area contributed by atoms with E-state index < -0.39 is 10.0 Å². The molecule has 3 aromatic carbocycles. The molecule has 0 fully saturated rings. The van der Waals surface area contributed by atoms with Crippen LogP contribution in [-0.2, 0) is 14.8 Å². The van der Waals surface area contributed by atoms with Crippen molar-refractivity contribution in [2.75, 3.05) is 29.9 Å². The highest BCUT2D eigenvalue weighted by molar-refractivity contribution is 7.92. The van der Waals surface area contributed by atoms with Crippen LogP contribution in [0.3, 0.4) is 0 Å². The Hall–Kier alpha value is -3.72. The second-order valence-corrected chi connectivity index (χ2v) is 8.82. The van der Waals surface area contributed by atoms with E-state index in [9.17, 15) is 13.2 Å². The second-order valence-electron chi connectivity index (χ2n) is 7.14. The molecular weight excluding hydrogens is 432 g/mol. The lowest BCUT2D eigenvalue weighted by atomic mass is 10.2. The van der Waals surface area contributed by atoms with Crippen molar-refractivity contribution in [2.45, 2.75) is 11.8 Å². The zero-order valence-electron chi connectivity index (χ0n) is 17.3. The molecule has 9 heteroatoms. The molecule has 1 aliphatic rings. The molecule has 2 N–H and O–H groups in total. The highest BCUT2D eigenvalue weighted by Gasteiger charge is 2.15. The van der Waals surface area contributed by atoms with Gasteiger partial charge in [-0.1, -0.05) is 12.1 Å². The van der Waals surface area contributed by atoms with Gasteiger partial charge in [-0.05, 0) is 61.0 Å². The molecule has 0 atom stereocenters. The number of carbonyl (C=O) groups excluding carboxylic acids is 1. The van der Waals surface area contributed by atoms with Crippen LogP contribution in [0.1, 0.15) is 5.56 Å². The van der Waals surface area contributed by atoms with E-state index in [2.05, 4.69) is 10.0 Å². The smallest absolute Gasteiger partial charge is 0.262 e. The molecule has 1 heterocycles. The first-order valence-electron chi connectivity index (χ1n) is 9.91. The maximum Gasteiger partial charge on any atom is 0.262 e. The van der Waals surface area contributed by atoms with Gasteiger partial charge in [-0.25, -0.2) is 8.42 Å². The van der Waals surface area contributed by atoms with Gasteiger partial charge in [-0.2, -0.15) is 0 Å². The van der Waals surface area contributed by atoms with Crippen molar-refractivity contribution < 1.29 is 27.4 Å². The number of sulfonamides is 1. The third-order valence-corrected chi connectivity index (χ3v) is 6.00. The minimum Gasteiger partial charge on any atom is -0.486 e. The lowest BCUT2D eigenvalue weighted by Gasteiger charge is -2.19. The van der Waals surface area contributed by atoms with E-state index in [0.717, 1.165) is 5.56 Å². The van der Waals surface area contributed by atoms with Crippen molar-refractivity contribution >= 4 is 27.3 Å². The van der Waals surface area contributed by atoms with E-state index in [1.54, 1.807) is 36.4 Å². The maximum atomic E-state index is 12.6. The Morgan fingerprint density at radius 2 is 1.69 bits per heavy atom. The summed E-state index contributed by atoms with van der Waals surface area (Å²) in [6.45, 7) is 2.60. The summed E-state index contributed by atoms with van der Waals surface area (Å²) in [5.41, 5.74) is 2.00. The molecule has 0 radical (unpaired) electrons. The summed E-state index contributed by atoms with van der Waals surface area (Å²) >= 11 is 0. The third-order valence-electron chi connectivity index (χ3n) is 4.60. The third kappa shape index (κ3) is 5.30. The number of rotatable bonds is 7. The van der Waals surface area contributed by atoms with Crippen molar-refractivity contribution in [1.29, 1.82) is 0 Å². The minimum atomic E-state index is -3.73. The van der Waals surface area contributed by atoms with Crippen molar-refractivity contribution in [3.8, 4) is 17.2 Å². The molecule has 3 aromatic rings. The number of aryl methyl sites for hydroxylation is 1. The Kier molecular flexibility index (Phi) is 6.18. The highest BCUT2D eigenvalue weighted by Crippen LogP contribution is 2.32. The summed E-state index contributed by atoms with van der Waals surface area (Å²) in [4.78, 5) is 12.3. The number of fused-ring (bicyclic) bond motifs is 1. The Morgan fingerprint density at radius 1 is 0.938 bits per heavy atom. The minimum absolute atomic E-state index is 0.0899. The molecule has 0 aliphatic carbocycles. The number of amides is 1. The molecule has 0 saturated heterocycles. The summed E-state index contributed by atoms with van der Waals surface area (Å²) < 4.78 is 44.1. The zero-order chi connectivity index (χ0) is 22.6. The summed E-state index contributed by atoms with van der Waals surface area (Å²) in [6, 6.07) is 18.1. The first-order valence-corrected chi connectivity index (χ1v) is 11.4. The van der Waals surface area contributed by atoms with Crippen LogP contribution in [0.4, 0.5) is 11.4 Å². The average molecular weight is 455 g/mol. The molecule has 0 spiro atoms.